The predicted octanol–water partition coefficient (Wildman–Crippen LogP) is 3.56. The molecule has 2 heterocycles. The van der Waals surface area contributed by atoms with Gasteiger partial charge < -0.3 is 9.84 Å². The number of nitrogens with one attached hydrogen (secondary N) is 1. The smallest absolute Gasteiger partial charge is 0.273 e. The van der Waals surface area contributed by atoms with Crippen LogP contribution < -0.4 is 5.32 Å². The molecule has 7 heteroatoms. The number of halogens is 1. The van der Waals surface area contributed by atoms with E-state index in [1.54, 1.807) is 10.7 Å². The van der Waals surface area contributed by atoms with Crippen LogP contribution in [-0.4, -0.2) is 20.8 Å². The van der Waals surface area contributed by atoms with E-state index in [9.17, 15) is 4.79 Å². The molecule has 0 radical (unpaired) electrons. The predicted molar refractivity (Wildman–Crippen MR) is 93.4 cm³/mol. The Morgan fingerprint density at radius 1 is 1.33 bits per heavy atom. The number of carbonyl (C=O) groups excluding carboxylic acids is 1. The second-order valence-corrected chi connectivity index (χ2v) is 6.26. The van der Waals surface area contributed by atoms with Gasteiger partial charge in [0.15, 0.2) is 11.5 Å². The number of nitrogens with zero attached hydrogens (tertiary/aromatic N) is 3. The quantitative estimate of drug-likeness (QED) is 0.724. The first-order chi connectivity index (χ1) is 11.6. The van der Waals surface area contributed by atoms with Gasteiger partial charge in [-0.25, -0.2) is 0 Å². The van der Waals surface area contributed by atoms with Crippen molar-refractivity contribution in [1.82, 2.24) is 20.3 Å². The fourth-order valence-corrected chi connectivity index (χ4v) is 2.67. The molecule has 1 aromatic carbocycles. The van der Waals surface area contributed by atoms with E-state index in [1.165, 1.54) is 0 Å². The van der Waals surface area contributed by atoms with E-state index in [0.717, 1.165) is 27.8 Å². The summed E-state index contributed by atoms with van der Waals surface area (Å²) in [5, 5.41) is 11.0. The van der Waals surface area contributed by atoms with Gasteiger partial charge >= 0.3 is 0 Å². The molecule has 0 aliphatic carbocycles. The summed E-state index contributed by atoms with van der Waals surface area (Å²) in [6, 6.07) is 9.48. The lowest BCUT2D eigenvalue weighted by atomic mass is 10.1. The lowest BCUT2D eigenvalue weighted by Crippen LogP contribution is -2.23. The number of aryl methyl sites for hydroxylation is 2. The van der Waals surface area contributed by atoms with Crippen LogP contribution in [0.25, 0.3) is 11.3 Å². The Hall–Kier alpha value is -2.41. The van der Waals surface area contributed by atoms with E-state index in [2.05, 4.69) is 31.5 Å². The summed E-state index contributed by atoms with van der Waals surface area (Å²) >= 11 is 3.44. The normalized spacial score (nSPS) is 10.8. The van der Waals surface area contributed by atoms with Crippen molar-refractivity contribution in [2.45, 2.75) is 26.9 Å². The van der Waals surface area contributed by atoms with Crippen molar-refractivity contribution < 1.29 is 9.32 Å². The van der Waals surface area contributed by atoms with E-state index in [-0.39, 0.29) is 11.6 Å². The number of hydrogen-bond acceptors (Lipinski definition) is 4. The lowest BCUT2D eigenvalue weighted by Gasteiger charge is -2.00. The zero-order valence-corrected chi connectivity index (χ0v) is 15.0. The molecule has 24 heavy (non-hydrogen) atoms. The average molecular weight is 389 g/mol. The molecule has 2 aromatic heterocycles. The van der Waals surface area contributed by atoms with Crippen LogP contribution >= 0.6 is 15.9 Å². The Kier molecular flexibility index (Phi) is 4.80. The van der Waals surface area contributed by atoms with Crippen molar-refractivity contribution in [3.8, 4) is 11.3 Å². The Labute approximate surface area is 148 Å². The summed E-state index contributed by atoms with van der Waals surface area (Å²) in [6.07, 6.45) is 1.88. The van der Waals surface area contributed by atoms with Crippen molar-refractivity contribution in [3.05, 3.63) is 58.0 Å². The topological polar surface area (TPSA) is 73.0 Å². The molecule has 0 saturated carbocycles. The molecule has 0 spiro atoms. The maximum absolute atomic E-state index is 12.2. The number of carbonyl (C=O) groups is 1. The van der Waals surface area contributed by atoms with Gasteiger partial charge in [0.05, 0.1) is 16.7 Å². The van der Waals surface area contributed by atoms with Crippen molar-refractivity contribution in [2.75, 3.05) is 0 Å². The van der Waals surface area contributed by atoms with Gasteiger partial charge in [0, 0.05) is 24.4 Å². The van der Waals surface area contributed by atoms with Crippen LogP contribution in [0.5, 0.6) is 0 Å². The average Bonchev–Trinajstić information content (AvgIpc) is 3.20. The SMILES string of the molecule is CCn1cc(Br)c(CNC(=O)c2cc(-c3ccc(C)cc3)on2)n1. The minimum absolute atomic E-state index is 0.247. The second kappa shape index (κ2) is 7.00. The van der Waals surface area contributed by atoms with Crippen molar-refractivity contribution in [2.24, 2.45) is 0 Å². The number of amides is 1. The van der Waals surface area contributed by atoms with E-state index >= 15 is 0 Å². The highest BCUT2D eigenvalue weighted by atomic mass is 79.9. The van der Waals surface area contributed by atoms with Crippen LogP contribution in [0.15, 0.2) is 45.5 Å². The molecule has 0 atom stereocenters. The lowest BCUT2D eigenvalue weighted by molar-refractivity contribution is 0.0941. The molecule has 124 valence electrons. The zero-order valence-electron chi connectivity index (χ0n) is 13.4. The zero-order chi connectivity index (χ0) is 17.1. The van der Waals surface area contributed by atoms with Crippen molar-refractivity contribution in [1.29, 1.82) is 0 Å². The molecule has 0 fully saturated rings. The minimum atomic E-state index is -0.296. The van der Waals surface area contributed by atoms with Gasteiger partial charge in [0.2, 0.25) is 0 Å². The molecule has 6 nitrogen and oxygen atoms in total. The molecule has 3 rings (SSSR count). The maximum atomic E-state index is 12.2. The largest absolute Gasteiger partial charge is 0.355 e. The first-order valence-electron chi connectivity index (χ1n) is 7.60. The highest BCUT2D eigenvalue weighted by Crippen LogP contribution is 2.21. The van der Waals surface area contributed by atoms with Crippen molar-refractivity contribution in [3.63, 3.8) is 0 Å². The van der Waals surface area contributed by atoms with Gasteiger partial charge in [-0.05, 0) is 29.8 Å². The number of rotatable bonds is 5. The third-order valence-corrected chi connectivity index (χ3v) is 4.27. The summed E-state index contributed by atoms with van der Waals surface area (Å²) in [4.78, 5) is 12.2. The fraction of sp³-hybridized carbons (Fsp3) is 0.235. The van der Waals surface area contributed by atoms with Crippen LogP contribution in [0.1, 0.15) is 28.7 Å². The summed E-state index contributed by atoms with van der Waals surface area (Å²) in [7, 11) is 0. The molecule has 0 aliphatic heterocycles. The Bertz CT molecular complexity index is 852. The third-order valence-electron chi connectivity index (χ3n) is 3.61. The number of hydrogen-bond donors (Lipinski definition) is 1. The van der Waals surface area contributed by atoms with Gasteiger partial charge in [-0.15, -0.1) is 0 Å². The monoisotopic (exact) mass is 388 g/mol. The van der Waals surface area contributed by atoms with Crippen LogP contribution in [0, 0.1) is 6.92 Å². The second-order valence-electron chi connectivity index (χ2n) is 5.40. The van der Waals surface area contributed by atoms with Crippen molar-refractivity contribution >= 4 is 21.8 Å². The molecule has 1 N–H and O–H groups in total. The fourth-order valence-electron chi connectivity index (χ4n) is 2.21. The first kappa shape index (κ1) is 16.4. The van der Waals surface area contributed by atoms with E-state index < -0.39 is 0 Å². The van der Waals surface area contributed by atoms with Gasteiger partial charge in [-0.2, -0.15) is 5.10 Å². The molecule has 1 amide bonds. The van der Waals surface area contributed by atoms with Crippen LogP contribution in [0.3, 0.4) is 0 Å². The van der Waals surface area contributed by atoms with Crippen LogP contribution in [0.4, 0.5) is 0 Å². The molecule has 0 bridgehead atoms. The molecule has 3 aromatic rings. The van der Waals surface area contributed by atoms with Gasteiger partial charge in [0.25, 0.3) is 5.91 Å². The Balaban J connectivity index is 1.67. The number of aromatic nitrogens is 3. The van der Waals surface area contributed by atoms with E-state index in [0.29, 0.717) is 12.3 Å². The minimum Gasteiger partial charge on any atom is -0.355 e. The third kappa shape index (κ3) is 3.56. The standard InChI is InChI=1S/C17H17BrN4O2/c1-3-22-10-13(18)15(20-22)9-19-17(23)14-8-16(24-21-14)12-6-4-11(2)5-7-12/h4-8,10H,3,9H2,1-2H3,(H,19,23). The van der Waals surface area contributed by atoms with E-state index in [4.69, 9.17) is 4.52 Å². The highest BCUT2D eigenvalue weighted by Gasteiger charge is 2.15. The molecule has 0 saturated heterocycles. The van der Waals surface area contributed by atoms with Gasteiger partial charge in [-0.3, -0.25) is 9.48 Å². The summed E-state index contributed by atoms with van der Waals surface area (Å²) < 4.78 is 7.94. The Morgan fingerprint density at radius 3 is 2.75 bits per heavy atom. The van der Waals surface area contributed by atoms with Gasteiger partial charge in [0.1, 0.15) is 0 Å². The number of benzene rings is 1. The highest BCUT2D eigenvalue weighted by molar-refractivity contribution is 9.10. The molecule has 0 unspecified atom stereocenters. The molecule has 0 aliphatic rings. The van der Waals surface area contributed by atoms with E-state index in [1.807, 2.05) is 44.3 Å². The molecular weight excluding hydrogens is 372 g/mol. The van der Waals surface area contributed by atoms with Gasteiger partial charge in [-0.1, -0.05) is 35.0 Å². The summed E-state index contributed by atoms with van der Waals surface area (Å²) in [5.74, 6) is 0.270. The first-order valence-corrected chi connectivity index (χ1v) is 8.40. The molecular formula is C17H17BrN4O2. The Morgan fingerprint density at radius 2 is 2.08 bits per heavy atom. The maximum Gasteiger partial charge on any atom is 0.273 e. The van der Waals surface area contributed by atoms with Crippen LogP contribution in [-0.2, 0) is 13.1 Å². The van der Waals surface area contributed by atoms with Crippen LogP contribution in [0.2, 0.25) is 0 Å². The summed E-state index contributed by atoms with van der Waals surface area (Å²) in [6.45, 7) is 5.11. The summed E-state index contributed by atoms with van der Waals surface area (Å²) in [5.41, 5.74) is 3.06.